The molecule has 1 amide bonds. The smallest absolute Gasteiger partial charge is 0.326 e. The Hall–Kier alpha value is -4.16. The van der Waals surface area contributed by atoms with Gasteiger partial charge in [-0.05, 0) is 42.7 Å². The van der Waals surface area contributed by atoms with E-state index >= 15 is 0 Å². The summed E-state index contributed by atoms with van der Waals surface area (Å²) in [6.07, 6.45) is 3.67. The topological polar surface area (TPSA) is 132 Å². The third kappa shape index (κ3) is 5.08. The van der Waals surface area contributed by atoms with Crippen LogP contribution in [0, 0.1) is 11.3 Å². The van der Waals surface area contributed by atoms with Crippen molar-refractivity contribution in [3.05, 3.63) is 92.3 Å². The molecule has 0 saturated heterocycles. The molecule has 0 spiro atoms. The Balaban J connectivity index is 1.32. The number of imidazole rings is 1. The van der Waals surface area contributed by atoms with E-state index in [-0.39, 0.29) is 22.0 Å². The molecule has 0 unspecified atom stereocenters. The number of rotatable bonds is 7. The summed E-state index contributed by atoms with van der Waals surface area (Å²) in [6.45, 7) is 0. The molecule has 6 rings (SSSR count). The number of carbonyl (C=O) groups excluding carboxylic acids is 1. The van der Waals surface area contributed by atoms with Crippen LogP contribution in [0.15, 0.2) is 54.7 Å². The van der Waals surface area contributed by atoms with E-state index in [9.17, 15) is 20.0 Å². The molecule has 2 aromatic heterocycles. The molecule has 1 aliphatic carbocycles. The first-order chi connectivity index (χ1) is 19.7. The third-order valence-corrected chi connectivity index (χ3v) is 8.15. The number of fused-ring (bicyclic) bond motifs is 2. The number of nitrogens with zero attached hydrogens (tertiary/aromatic N) is 3. The van der Waals surface area contributed by atoms with E-state index in [1.54, 1.807) is 48.7 Å². The molecule has 3 aromatic carbocycles. The number of carboxylic acids is 1. The van der Waals surface area contributed by atoms with Crippen LogP contribution in [0.1, 0.15) is 46.1 Å². The van der Waals surface area contributed by atoms with Gasteiger partial charge in [0.25, 0.3) is 5.91 Å². The highest BCUT2D eigenvalue weighted by atomic mass is 35.5. The first-order valence-electron chi connectivity index (χ1n) is 12.7. The van der Waals surface area contributed by atoms with E-state index < -0.39 is 17.9 Å². The number of aromatic nitrogens is 3. The predicted octanol–water partition coefficient (Wildman–Crippen LogP) is 6.91. The molecule has 0 bridgehead atoms. The predicted molar refractivity (Wildman–Crippen MR) is 158 cm³/mol. The molecule has 1 fully saturated rings. The van der Waals surface area contributed by atoms with E-state index in [0.717, 1.165) is 24.2 Å². The van der Waals surface area contributed by atoms with Gasteiger partial charge in [-0.25, -0.2) is 9.78 Å². The number of pyridine rings is 1. The monoisotopic (exact) mass is 603 g/mol. The second-order valence-corrected chi connectivity index (χ2v) is 11.1. The van der Waals surface area contributed by atoms with Crippen LogP contribution in [0.4, 0.5) is 0 Å². The third-order valence-electron chi connectivity index (χ3n) is 7.16. The van der Waals surface area contributed by atoms with Crippen LogP contribution in [-0.2, 0) is 11.2 Å². The van der Waals surface area contributed by atoms with Crippen molar-refractivity contribution >= 4 is 68.6 Å². The highest BCUT2D eigenvalue weighted by Crippen LogP contribution is 2.41. The number of aromatic amines is 1. The Bertz CT molecular complexity index is 1930. The SMILES string of the molecule is N#Cc1ccc(-c2ccc(C[C@H](NC(=O)c3c(Cl)cc4nc(C5CC5)[nH]c4c3Cl)C(=O)O)c3cccnc23)c(Cl)c1. The molecule has 2 heterocycles. The molecule has 1 aliphatic rings. The first kappa shape index (κ1) is 27.0. The van der Waals surface area contributed by atoms with Gasteiger partial charge in [-0.15, -0.1) is 0 Å². The maximum atomic E-state index is 13.4. The maximum absolute atomic E-state index is 13.4. The minimum absolute atomic E-state index is 0.0181. The number of nitrogens with one attached hydrogen (secondary N) is 2. The fourth-order valence-electron chi connectivity index (χ4n) is 4.94. The van der Waals surface area contributed by atoms with Crippen LogP contribution in [0.25, 0.3) is 33.1 Å². The molecule has 1 saturated carbocycles. The number of hydrogen-bond acceptors (Lipinski definition) is 5. The lowest BCUT2D eigenvalue weighted by Crippen LogP contribution is -2.42. The van der Waals surface area contributed by atoms with Gasteiger partial charge in [-0.2, -0.15) is 5.26 Å². The van der Waals surface area contributed by atoms with Gasteiger partial charge < -0.3 is 15.4 Å². The summed E-state index contributed by atoms with van der Waals surface area (Å²) in [6, 6.07) is 14.5. The molecule has 41 heavy (non-hydrogen) atoms. The van der Waals surface area contributed by atoms with Gasteiger partial charge >= 0.3 is 5.97 Å². The van der Waals surface area contributed by atoms with Crippen molar-refractivity contribution in [2.45, 2.75) is 31.2 Å². The molecule has 0 aliphatic heterocycles. The molecule has 0 radical (unpaired) electrons. The zero-order valence-corrected chi connectivity index (χ0v) is 23.5. The molecule has 5 aromatic rings. The minimum Gasteiger partial charge on any atom is -0.480 e. The number of aliphatic carboxylic acids is 1. The number of amides is 1. The highest BCUT2D eigenvalue weighted by molar-refractivity contribution is 6.43. The van der Waals surface area contributed by atoms with Gasteiger partial charge in [0.15, 0.2) is 0 Å². The van der Waals surface area contributed by atoms with Crippen molar-refractivity contribution in [2.24, 2.45) is 0 Å². The molecule has 3 N–H and O–H groups in total. The van der Waals surface area contributed by atoms with Crippen LogP contribution in [-0.4, -0.2) is 38.0 Å². The number of halogens is 3. The Morgan fingerprint density at radius 1 is 1.10 bits per heavy atom. The number of hydrogen-bond donors (Lipinski definition) is 3. The Morgan fingerprint density at radius 3 is 2.59 bits per heavy atom. The molecule has 1 atom stereocenters. The molecule has 8 nitrogen and oxygen atoms in total. The summed E-state index contributed by atoms with van der Waals surface area (Å²) in [5.74, 6) is -0.791. The molecular weight excluding hydrogens is 585 g/mol. The highest BCUT2D eigenvalue weighted by Gasteiger charge is 2.30. The Morgan fingerprint density at radius 2 is 1.88 bits per heavy atom. The average Bonchev–Trinajstić information content (AvgIpc) is 3.72. The second kappa shape index (κ2) is 10.7. The Labute approximate surface area is 248 Å². The number of H-pyrrole nitrogens is 1. The zero-order chi connectivity index (χ0) is 28.8. The summed E-state index contributed by atoms with van der Waals surface area (Å²) < 4.78 is 0. The number of benzene rings is 3. The van der Waals surface area contributed by atoms with Gasteiger partial charge in [0, 0.05) is 40.1 Å². The van der Waals surface area contributed by atoms with Crippen molar-refractivity contribution in [3.63, 3.8) is 0 Å². The number of carboxylic acid groups (broad SMARTS) is 1. The first-order valence-corrected chi connectivity index (χ1v) is 13.9. The van der Waals surface area contributed by atoms with Crippen molar-refractivity contribution in [3.8, 4) is 17.2 Å². The molecule has 204 valence electrons. The summed E-state index contributed by atoms with van der Waals surface area (Å²) >= 11 is 19.5. The van der Waals surface area contributed by atoms with Gasteiger partial charge in [-0.3, -0.25) is 9.78 Å². The van der Waals surface area contributed by atoms with Crippen molar-refractivity contribution in [1.82, 2.24) is 20.3 Å². The zero-order valence-electron chi connectivity index (χ0n) is 21.2. The quantitative estimate of drug-likeness (QED) is 0.185. The number of nitriles is 1. The van der Waals surface area contributed by atoms with E-state index in [0.29, 0.717) is 49.6 Å². The van der Waals surface area contributed by atoms with E-state index in [1.807, 2.05) is 6.07 Å². The normalized spacial score (nSPS) is 13.7. The largest absolute Gasteiger partial charge is 0.480 e. The van der Waals surface area contributed by atoms with Crippen LogP contribution < -0.4 is 5.32 Å². The van der Waals surface area contributed by atoms with Crippen LogP contribution >= 0.6 is 34.8 Å². The summed E-state index contributed by atoms with van der Waals surface area (Å²) in [7, 11) is 0. The van der Waals surface area contributed by atoms with Gasteiger partial charge in [0.1, 0.15) is 11.9 Å². The summed E-state index contributed by atoms with van der Waals surface area (Å²) in [5, 5.41) is 23.1. The van der Waals surface area contributed by atoms with Gasteiger partial charge in [0.2, 0.25) is 0 Å². The van der Waals surface area contributed by atoms with Crippen molar-refractivity contribution in [2.75, 3.05) is 0 Å². The van der Waals surface area contributed by atoms with E-state index in [2.05, 4.69) is 26.3 Å². The standard InChI is InChI=1S/C30H20Cl3N5O3/c31-20-10-14(13-34)3-7-18(20)19-8-6-16(17-2-1-9-35-26(17)19)11-23(30(40)41)37-29(39)24-21(32)12-22-27(25(24)33)38-28(36-22)15-4-5-15/h1-3,6-10,12,15,23H,4-5,11H2,(H,36,38)(H,37,39)(H,40,41)/t23-/m0/s1. The average molecular weight is 605 g/mol. The van der Waals surface area contributed by atoms with E-state index in [1.165, 1.54) is 0 Å². The van der Waals surface area contributed by atoms with Gasteiger partial charge in [-0.1, -0.05) is 59.1 Å². The van der Waals surface area contributed by atoms with Crippen molar-refractivity contribution < 1.29 is 14.7 Å². The second-order valence-electron chi connectivity index (χ2n) is 9.88. The fraction of sp³-hybridized carbons (Fsp3) is 0.167. The minimum atomic E-state index is -1.29. The Kier molecular flexibility index (Phi) is 7.04. The lowest BCUT2D eigenvalue weighted by atomic mass is 9.94. The lowest BCUT2D eigenvalue weighted by molar-refractivity contribution is -0.139. The van der Waals surface area contributed by atoms with Crippen LogP contribution in [0.3, 0.4) is 0 Å². The van der Waals surface area contributed by atoms with Crippen LogP contribution in [0.2, 0.25) is 15.1 Å². The maximum Gasteiger partial charge on any atom is 0.326 e. The summed E-state index contributed by atoms with van der Waals surface area (Å²) in [4.78, 5) is 37.9. The number of carbonyl (C=O) groups is 2. The fourth-order valence-corrected chi connectivity index (χ4v) is 5.88. The van der Waals surface area contributed by atoms with Crippen LogP contribution in [0.5, 0.6) is 0 Å². The summed E-state index contributed by atoms with van der Waals surface area (Å²) in [5.41, 5.74) is 4.13. The van der Waals surface area contributed by atoms with Gasteiger partial charge in [0.05, 0.1) is 43.8 Å². The van der Waals surface area contributed by atoms with E-state index in [4.69, 9.17) is 34.8 Å². The molecular formula is C30H20Cl3N5O3. The van der Waals surface area contributed by atoms with Crippen molar-refractivity contribution in [1.29, 1.82) is 5.26 Å². The molecule has 11 heteroatoms. The lowest BCUT2D eigenvalue weighted by Gasteiger charge is -2.18.